The van der Waals surface area contributed by atoms with Gasteiger partial charge in [0.05, 0.1) is 18.8 Å². The zero-order valence-electron chi connectivity index (χ0n) is 16.1. The molecule has 1 fully saturated rings. The Morgan fingerprint density at radius 3 is 2.66 bits per heavy atom. The van der Waals surface area contributed by atoms with Crippen LogP contribution in [0.15, 0.2) is 60.0 Å². The number of aliphatic hydroxyl groups is 1. The van der Waals surface area contributed by atoms with Crippen molar-refractivity contribution in [2.75, 3.05) is 11.5 Å². The van der Waals surface area contributed by atoms with Gasteiger partial charge in [-0.1, -0.05) is 55.1 Å². The second-order valence-corrected chi connectivity index (χ2v) is 8.10. The molecule has 3 aromatic rings. The fourth-order valence-corrected chi connectivity index (χ4v) is 4.38. The summed E-state index contributed by atoms with van der Waals surface area (Å²) >= 11 is 1.57. The first-order chi connectivity index (χ1) is 14.1. The second-order valence-electron chi connectivity index (χ2n) is 7.09. The summed E-state index contributed by atoms with van der Waals surface area (Å²) in [4.78, 5) is 4.18. The summed E-state index contributed by atoms with van der Waals surface area (Å²) in [5, 5.41) is 16.9. The van der Waals surface area contributed by atoms with E-state index < -0.39 is 6.29 Å². The molecule has 1 saturated heterocycles. The van der Waals surface area contributed by atoms with E-state index >= 15 is 0 Å². The number of nitrogens with two attached hydrogens (primary N) is 1. The number of nitrogens with one attached hydrogen (secondary N) is 1. The lowest BCUT2D eigenvalue weighted by molar-refractivity contribution is -0.268. The minimum atomic E-state index is -0.516. The van der Waals surface area contributed by atoms with E-state index in [2.05, 4.69) is 22.1 Å². The van der Waals surface area contributed by atoms with Crippen molar-refractivity contribution in [2.24, 2.45) is 5.92 Å². The monoisotopic (exact) mass is 412 g/mol. The van der Waals surface area contributed by atoms with E-state index in [1.165, 1.54) is 6.33 Å². The number of anilines is 1. The number of rotatable bonds is 6. The van der Waals surface area contributed by atoms with Crippen molar-refractivity contribution >= 4 is 17.4 Å². The molecule has 4 atom stereocenters. The molecule has 1 aliphatic rings. The first-order valence-electron chi connectivity index (χ1n) is 9.48. The lowest BCUT2D eigenvalue weighted by Gasteiger charge is -2.41. The number of hydrogen-bond donors (Lipinski definition) is 3. The van der Waals surface area contributed by atoms with Gasteiger partial charge in [-0.2, -0.15) is 5.10 Å². The summed E-state index contributed by atoms with van der Waals surface area (Å²) in [6.45, 7) is 2.15. The van der Waals surface area contributed by atoms with E-state index in [-0.39, 0.29) is 24.7 Å². The molecule has 0 saturated carbocycles. The van der Waals surface area contributed by atoms with Gasteiger partial charge in [-0.15, -0.1) is 0 Å². The van der Waals surface area contributed by atoms with Gasteiger partial charge in [0, 0.05) is 22.9 Å². The van der Waals surface area contributed by atoms with E-state index in [4.69, 9.17) is 15.2 Å². The van der Waals surface area contributed by atoms with Crippen LogP contribution in [0.4, 0.5) is 5.69 Å². The first-order valence-corrected chi connectivity index (χ1v) is 10.5. The molecule has 0 radical (unpaired) electrons. The predicted molar refractivity (Wildman–Crippen MR) is 111 cm³/mol. The van der Waals surface area contributed by atoms with Crippen LogP contribution in [0, 0.1) is 5.92 Å². The quantitative estimate of drug-likeness (QED) is 0.420. The summed E-state index contributed by atoms with van der Waals surface area (Å²) in [5.41, 5.74) is 9.46. The highest BCUT2D eigenvalue weighted by Gasteiger charge is 2.38. The van der Waals surface area contributed by atoms with Gasteiger partial charge in [-0.05, 0) is 23.3 Å². The fourth-order valence-electron chi connectivity index (χ4n) is 3.44. The van der Waals surface area contributed by atoms with E-state index in [0.29, 0.717) is 11.4 Å². The molecule has 2 heterocycles. The SMILES string of the molecule is CC1C(CSc2ncn[nH]2)OC(c2cccc(N)c2)OC1c1ccc(CO)cc1. The highest BCUT2D eigenvalue weighted by Crippen LogP contribution is 2.42. The van der Waals surface area contributed by atoms with Crippen molar-refractivity contribution in [3.05, 3.63) is 71.5 Å². The maximum Gasteiger partial charge on any atom is 0.185 e. The molecule has 1 aromatic heterocycles. The van der Waals surface area contributed by atoms with Gasteiger partial charge >= 0.3 is 0 Å². The van der Waals surface area contributed by atoms with Gasteiger partial charge in [0.25, 0.3) is 0 Å². The number of nitrogen functional groups attached to an aromatic ring is 1. The van der Waals surface area contributed by atoms with Crippen LogP contribution in [0.3, 0.4) is 0 Å². The average molecular weight is 413 g/mol. The third-order valence-electron chi connectivity index (χ3n) is 5.08. The molecular weight excluding hydrogens is 388 g/mol. The van der Waals surface area contributed by atoms with Gasteiger partial charge < -0.3 is 20.3 Å². The number of hydrogen-bond acceptors (Lipinski definition) is 7. The zero-order chi connectivity index (χ0) is 20.2. The smallest absolute Gasteiger partial charge is 0.185 e. The van der Waals surface area contributed by atoms with Crippen LogP contribution in [0.5, 0.6) is 0 Å². The van der Waals surface area contributed by atoms with E-state index in [9.17, 15) is 5.11 Å². The molecule has 152 valence electrons. The van der Waals surface area contributed by atoms with E-state index in [1.54, 1.807) is 11.8 Å². The van der Waals surface area contributed by atoms with Crippen LogP contribution in [0.2, 0.25) is 0 Å². The number of nitrogens with zero attached hydrogens (tertiary/aromatic N) is 2. The average Bonchev–Trinajstić information content (AvgIpc) is 3.27. The Morgan fingerprint density at radius 2 is 1.97 bits per heavy atom. The standard InChI is InChI=1S/C21H24N4O3S/c1-13-18(11-29-21-23-12-24-25-21)27-20(16-3-2-4-17(22)9-16)28-19(13)15-7-5-14(10-26)6-8-15/h2-9,12-13,18-20,26H,10-11,22H2,1H3,(H,23,24,25). The van der Waals surface area contributed by atoms with Crippen LogP contribution in [-0.4, -0.2) is 32.1 Å². The maximum absolute atomic E-state index is 9.33. The number of benzene rings is 2. The third kappa shape index (κ3) is 4.62. The highest BCUT2D eigenvalue weighted by molar-refractivity contribution is 7.99. The molecule has 4 unspecified atom stereocenters. The first kappa shape index (κ1) is 19.9. The lowest BCUT2D eigenvalue weighted by Crippen LogP contribution is -2.38. The Labute approximate surface area is 173 Å². The summed E-state index contributed by atoms with van der Waals surface area (Å²) in [6.07, 6.45) is 0.770. The third-order valence-corrected chi connectivity index (χ3v) is 6.05. The molecule has 1 aliphatic heterocycles. The van der Waals surface area contributed by atoms with Crippen molar-refractivity contribution in [1.29, 1.82) is 0 Å². The van der Waals surface area contributed by atoms with Crippen LogP contribution in [0.1, 0.15) is 36.0 Å². The second kappa shape index (κ2) is 8.96. The van der Waals surface area contributed by atoms with Crippen LogP contribution in [0.25, 0.3) is 0 Å². The van der Waals surface area contributed by atoms with Gasteiger partial charge in [0.2, 0.25) is 0 Å². The molecule has 0 spiro atoms. The summed E-state index contributed by atoms with van der Waals surface area (Å²) < 4.78 is 12.7. The number of aromatic nitrogens is 3. The Bertz CT molecular complexity index is 920. The molecular formula is C21H24N4O3S. The minimum Gasteiger partial charge on any atom is -0.399 e. The molecule has 4 rings (SSSR count). The fraction of sp³-hybridized carbons (Fsp3) is 0.333. The van der Waals surface area contributed by atoms with Gasteiger partial charge in [0.1, 0.15) is 6.33 Å². The van der Waals surface area contributed by atoms with Gasteiger partial charge in [-0.3, -0.25) is 5.10 Å². The van der Waals surface area contributed by atoms with E-state index in [0.717, 1.165) is 21.8 Å². The highest BCUT2D eigenvalue weighted by atomic mass is 32.2. The Hall–Kier alpha value is -2.39. The molecule has 29 heavy (non-hydrogen) atoms. The summed E-state index contributed by atoms with van der Waals surface area (Å²) in [7, 11) is 0. The minimum absolute atomic E-state index is 0.0207. The maximum atomic E-state index is 9.33. The topological polar surface area (TPSA) is 106 Å². The zero-order valence-corrected chi connectivity index (χ0v) is 16.9. The van der Waals surface area contributed by atoms with Gasteiger partial charge in [0.15, 0.2) is 11.4 Å². The van der Waals surface area contributed by atoms with Crippen molar-refractivity contribution < 1.29 is 14.6 Å². The number of ether oxygens (including phenoxy) is 2. The molecule has 4 N–H and O–H groups in total. The van der Waals surface area contributed by atoms with Crippen molar-refractivity contribution in [2.45, 2.75) is 37.2 Å². The molecule has 7 nitrogen and oxygen atoms in total. The molecule has 0 amide bonds. The number of aromatic amines is 1. The van der Waals surface area contributed by atoms with Crippen LogP contribution < -0.4 is 5.73 Å². The molecule has 2 aromatic carbocycles. The summed E-state index contributed by atoms with van der Waals surface area (Å²) in [6, 6.07) is 15.5. The Kier molecular flexibility index (Phi) is 6.15. The molecule has 0 bridgehead atoms. The van der Waals surface area contributed by atoms with E-state index in [1.807, 2.05) is 48.5 Å². The van der Waals surface area contributed by atoms with Crippen molar-refractivity contribution in [3.8, 4) is 0 Å². The molecule has 0 aliphatic carbocycles. The lowest BCUT2D eigenvalue weighted by atomic mass is 9.91. The van der Waals surface area contributed by atoms with Crippen LogP contribution in [-0.2, 0) is 16.1 Å². The largest absolute Gasteiger partial charge is 0.399 e. The van der Waals surface area contributed by atoms with Gasteiger partial charge in [-0.25, -0.2) is 4.98 Å². The summed E-state index contributed by atoms with van der Waals surface area (Å²) in [5.74, 6) is 0.826. The van der Waals surface area contributed by atoms with Crippen LogP contribution >= 0.6 is 11.8 Å². The Morgan fingerprint density at radius 1 is 1.14 bits per heavy atom. The number of aliphatic hydroxyl groups excluding tert-OH is 1. The molecule has 8 heteroatoms. The predicted octanol–water partition coefficient (Wildman–Crippen LogP) is 3.46. The Balaban J connectivity index is 1.59. The number of H-pyrrole nitrogens is 1. The number of thioether (sulfide) groups is 1. The van der Waals surface area contributed by atoms with Crippen molar-refractivity contribution in [1.82, 2.24) is 15.2 Å². The normalized spacial score (nSPS) is 24.5. The van der Waals surface area contributed by atoms with Crippen molar-refractivity contribution in [3.63, 3.8) is 0 Å².